The average molecular weight is 825 g/mol. The maximum Gasteiger partial charge on any atom is 0.698 e. The first-order chi connectivity index (χ1) is 22.1. The third-order valence-electron chi connectivity index (χ3n) is 6.05. The Labute approximate surface area is 266 Å². The SMILES string of the molecule is O=[P+](OCc1ccc(S(=O)(=O)C(F)(F)C(F)(F)C(F)(F)C(F)(F)F)cc1)OCc1ccc(S(=O)(=O)C(F)(F)C(F)(F)C(F)(F)C(F)(F)F)cc1. The standard InChI is InChI=1S/C22H12F18O7PS2/c23-15(24,19(31,32)33)17(27,28)21(37,38)49(42,43)13-5-1-11(2-6-13)9-46-48(41)47-10-12-3-7-14(8-4-12)50(44,45)22(39,40)18(29,30)16(25,26)20(34,35)36/h1-8H,9-10H2/q+1. The first-order valence-corrected chi connectivity index (χ1v) is 15.9. The van der Waals surface area contributed by atoms with Crippen LogP contribution in [0.5, 0.6) is 0 Å². The van der Waals surface area contributed by atoms with Gasteiger partial charge in [-0.3, -0.25) is 0 Å². The van der Waals surface area contributed by atoms with Gasteiger partial charge in [0.25, 0.3) is 0 Å². The molecule has 0 aromatic heterocycles. The van der Waals surface area contributed by atoms with Crippen molar-refractivity contribution in [1.82, 2.24) is 0 Å². The van der Waals surface area contributed by atoms with E-state index in [1.165, 1.54) is 0 Å². The van der Waals surface area contributed by atoms with Gasteiger partial charge in [0.05, 0.1) is 9.79 Å². The third-order valence-corrected chi connectivity index (χ3v) is 10.4. The van der Waals surface area contributed by atoms with Crippen molar-refractivity contribution in [1.29, 1.82) is 0 Å². The second kappa shape index (κ2) is 13.3. The summed E-state index contributed by atoms with van der Waals surface area (Å²) in [6.45, 7) is -1.87. The Bertz CT molecular complexity index is 1640. The summed E-state index contributed by atoms with van der Waals surface area (Å²) in [5.41, 5.74) is -0.732. The fraction of sp³-hybridized carbons (Fsp3) is 0.455. The summed E-state index contributed by atoms with van der Waals surface area (Å²) in [5, 5.41) is -14.0. The Kier molecular flexibility index (Phi) is 11.5. The summed E-state index contributed by atoms with van der Waals surface area (Å²) in [6, 6.07) is 1.97. The molecule has 284 valence electrons. The van der Waals surface area contributed by atoms with Crippen molar-refractivity contribution in [2.24, 2.45) is 0 Å². The van der Waals surface area contributed by atoms with Crippen LogP contribution in [-0.4, -0.2) is 63.4 Å². The van der Waals surface area contributed by atoms with Gasteiger partial charge in [-0.2, -0.15) is 79.0 Å². The largest absolute Gasteiger partial charge is 0.698 e. The minimum Gasteiger partial charge on any atom is -0.217 e. The number of sulfone groups is 2. The van der Waals surface area contributed by atoms with E-state index in [0.29, 0.717) is 24.3 Å². The third kappa shape index (κ3) is 7.11. The van der Waals surface area contributed by atoms with E-state index in [4.69, 9.17) is 0 Å². The van der Waals surface area contributed by atoms with Crippen LogP contribution in [-0.2, 0) is 46.5 Å². The van der Waals surface area contributed by atoms with Crippen molar-refractivity contribution in [3.8, 4) is 0 Å². The van der Waals surface area contributed by atoms with Crippen LogP contribution in [0.4, 0.5) is 79.0 Å². The number of alkyl halides is 18. The van der Waals surface area contributed by atoms with E-state index in [1.54, 1.807) is 0 Å². The molecule has 0 aliphatic rings. The molecular weight excluding hydrogens is 813 g/mol. The van der Waals surface area contributed by atoms with Gasteiger partial charge in [0.1, 0.15) is 13.2 Å². The van der Waals surface area contributed by atoms with Crippen LogP contribution < -0.4 is 0 Å². The van der Waals surface area contributed by atoms with Crippen molar-refractivity contribution in [2.45, 2.75) is 69.6 Å². The quantitative estimate of drug-likeness (QED) is 0.139. The highest BCUT2D eigenvalue weighted by molar-refractivity contribution is 7.92. The molecule has 0 saturated heterocycles. The van der Waals surface area contributed by atoms with Crippen LogP contribution in [0.15, 0.2) is 58.3 Å². The molecule has 0 aliphatic heterocycles. The predicted octanol–water partition coefficient (Wildman–Crippen LogP) is 8.48. The zero-order valence-electron chi connectivity index (χ0n) is 23.0. The summed E-state index contributed by atoms with van der Waals surface area (Å²) in [5.74, 6) is -30.0. The molecule has 2 rings (SSSR count). The molecule has 0 radical (unpaired) electrons. The fourth-order valence-corrected chi connectivity index (χ4v) is 6.27. The van der Waals surface area contributed by atoms with Gasteiger partial charge in [-0.25, -0.2) is 16.8 Å². The Morgan fingerprint density at radius 3 is 0.900 bits per heavy atom. The molecular formula is C22H12F18O7PS2+. The highest BCUT2D eigenvalue weighted by Crippen LogP contribution is 2.57. The molecule has 0 amide bonds. The molecule has 2 aromatic rings. The van der Waals surface area contributed by atoms with Crippen molar-refractivity contribution >= 4 is 27.9 Å². The molecule has 2 aromatic carbocycles. The van der Waals surface area contributed by atoms with Crippen molar-refractivity contribution in [2.75, 3.05) is 0 Å². The molecule has 0 unspecified atom stereocenters. The average Bonchev–Trinajstić information content (AvgIpc) is 2.97. The summed E-state index contributed by atoms with van der Waals surface area (Å²) < 4.78 is 305. The molecule has 0 saturated carbocycles. The summed E-state index contributed by atoms with van der Waals surface area (Å²) in [7, 11) is -17.2. The molecule has 0 fully saturated rings. The second-order valence-electron chi connectivity index (χ2n) is 9.39. The minimum absolute atomic E-state index is 0.0386. The number of benzene rings is 2. The molecule has 50 heavy (non-hydrogen) atoms. The van der Waals surface area contributed by atoms with Gasteiger partial charge in [-0.1, -0.05) is 24.3 Å². The van der Waals surface area contributed by atoms with Gasteiger partial charge in [-0.05, 0) is 35.4 Å². The molecule has 7 nitrogen and oxygen atoms in total. The van der Waals surface area contributed by atoms with Crippen LogP contribution in [0.3, 0.4) is 0 Å². The van der Waals surface area contributed by atoms with E-state index in [0.717, 1.165) is 0 Å². The van der Waals surface area contributed by atoms with Crippen LogP contribution >= 0.6 is 8.25 Å². The lowest BCUT2D eigenvalue weighted by Gasteiger charge is -2.33. The van der Waals surface area contributed by atoms with Crippen LogP contribution in [0, 0.1) is 0 Å². The number of halogens is 18. The first kappa shape index (κ1) is 43.3. The molecule has 0 aliphatic carbocycles. The summed E-state index contributed by atoms with van der Waals surface area (Å²) in [4.78, 5) is -3.77. The first-order valence-electron chi connectivity index (χ1n) is 11.9. The molecule has 0 bridgehead atoms. The lowest BCUT2D eigenvalue weighted by molar-refractivity contribution is -0.382. The van der Waals surface area contributed by atoms with Gasteiger partial charge in [0.15, 0.2) is 0 Å². The number of hydrogen-bond acceptors (Lipinski definition) is 7. The van der Waals surface area contributed by atoms with E-state index in [9.17, 15) is 100 Å². The number of rotatable bonds is 14. The topological polar surface area (TPSA) is 104 Å². The summed E-state index contributed by atoms with van der Waals surface area (Å²) >= 11 is 0. The smallest absolute Gasteiger partial charge is 0.217 e. The molecule has 28 heteroatoms. The van der Waals surface area contributed by atoms with Crippen molar-refractivity contribution in [3.63, 3.8) is 0 Å². The Morgan fingerprint density at radius 1 is 0.440 bits per heavy atom. The fourth-order valence-electron chi connectivity index (χ4n) is 3.18. The van der Waals surface area contributed by atoms with E-state index < -0.39 is 97.5 Å². The zero-order valence-corrected chi connectivity index (χ0v) is 25.5. The van der Waals surface area contributed by atoms with E-state index >= 15 is 0 Å². The predicted molar refractivity (Wildman–Crippen MR) is 126 cm³/mol. The minimum atomic E-state index is -7.51. The molecule has 0 heterocycles. The van der Waals surface area contributed by atoms with Gasteiger partial charge in [0, 0.05) is 4.57 Å². The lowest BCUT2D eigenvalue weighted by Crippen LogP contribution is -2.63. The molecule has 0 atom stereocenters. The van der Waals surface area contributed by atoms with E-state index in [2.05, 4.69) is 9.05 Å². The number of hydrogen-bond donors (Lipinski definition) is 0. The van der Waals surface area contributed by atoms with Gasteiger partial charge >= 0.3 is 54.8 Å². The molecule has 0 spiro atoms. The van der Waals surface area contributed by atoms with E-state index in [-0.39, 0.29) is 35.4 Å². The van der Waals surface area contributed by atoms with Gasteiger partial charge < -0.3 is 0 Å². The highest BCUT2D eigenvalue weighted by Gasteiger charge is 2.86. The second-order valence-corrected chi connectivity index (χ2v) is 14.3. The Morgan fingerprint density at radius 2 is 0.680 bits per heavy atom. The van der Waals surface area contributed by atoms with Crippen LogP contribution in [0.25, 0.3) is 0 Å². The lowest BCUT2D eigenvalue weighted by atomic mass is 10.1. The van der Waals surface area contributed by atoms with E-state index in [1.807, 2.05) is 0 Å². The van der Waals surface area contributed by atoms with Crippen molar-refractivity contribution in [3.05, 3.63) is 59.7 Å². The highest BCUT2D eigenvalue weighted by atomic mass is 32.2. The van der Waals surface area contributed by atoms with Gasteiger partial charge in [0.2, 0.25) is 19.7 Å². The van der Waals surface area contributed by atoms with Crippen LogP contribution in [0.2, 0.25) is 0 Å². The maximum atomic E-state index is 14.0. The van der Waals surface area contributed by atoms with Crippen molar-refractivity contribution < 1.29 is 109 Å². The monoisotopic (exact) mass is 825 g/mol. The maximum absolute atomic E-state index is 14.0. The molecule has 0 N–H and O–H groups in total. The Hall–Kier alpha value is -2.90. The summed E-state index contributed by atoms with van der Waals surface area (Å²) in [6.07, 6.45) is -14.6. The Balaban J connectivity index is 2.11. The van der Waals surface area contributed by atoms with Crippen LogP contribution in [0.1, 0.15) is 11.1 Å². The normalized spacial score (nSPS) is 14.9. The zero-order chi connectivity index (χ0) is 39.4. The van der Waals surface area contributed by atoms with Gasteiger partial charge in [-0.15, -0.1) is 9.05 Å².